The van der Waals surface area contributed by atoms with Crippen LogP contribution in [0.1, 0.15) is 17.0 Å². The van der Waals surface area contributed by atoms with Crippen molar-refractivity contribution < 1.29 is 13.2 Å². The summed E-state index contributed by atoms with van der Waals surface area (Å²) in [5.41, 5.74) is 2.66. The number of fused-ring (bicyclic) bond motifs is 1. The van der Waals surface area contributed by atoms with E-state index in [0.717, 1.165) is 11.1 Å². The maximum Gasteiger partial charge on any atom is 0.265 e. The van der Waals surface area contributed by atoms with E-state index < -0.39 is 10.0 Å². The summed E-state index contributed by atoms with van der Waals surface area (Å²) in [4.78, 5) is 4.32. The zero-order chi connectivity index (χ0) is 17.5. The molecular weight excluding hydrogens is 328 g/mol. The van der Waals surface area contributed by atoms with Gasteiger partial charge in [-0.3, -0.25) is 4.72 Å². The van der Waals surface area contributed by atoms with Crippen LogP contribution < -0.4 is 9.46 Å². The number of aromatic nitrogens is 3. The van der Waals surface area contributed by atoms with E-state index >= 15 is 0 Å². The Morgan fingerprint density at radius 2 is 1.92 bits per heavy atom. The second-order valence-electron chi connectivity index (χ2n) is 5.60. The van der Waals surface area contributed by atoms with Crippen molar-refractivity contribution in [2.75, 3.05) is 11.8 Å². The fourth-order valence-corrected chi connectivity index (χ4v) is 4.01. The van der Waals surface area contributed by atoms with Crippen LogP contribution in [0.15, 0.2) is 35.4 Å². The molecule has 0 fully saturated rings. The quantitative estimate of drug-likeness (QED) is 0.784. The number of rotatable bonds is 4. The van der Waals surface area contributed by atoms with E-state index in [1.807, 2.05) is 19.9 Å². The van der Waals surface area contributed by atoms with Crippen molar-refractivity contribution in [3.05, 3.63) is 47.4 Å². The van der Waals surface area contributed by atoms with E-state index in [2.05, 4.69) is 14.8 Å². The Labute approximate surface area is 140 Å². The number of ether oxygens (including phenoxy) is 1. The second-order valence-corrected chi connectivity index (χ2v) is 7.25. The highest BCUT2D eigenvalue weighted by Gasteiger charge is 2.22. The first kappa shape index (κ1) is 16.3. The number of sulfonamides is 1. The number of aryl methyl sites for hydroxylation is 3. The third-order valence-corrected chi connectivity index (χ3v) is 4.95. The van der Waals surface area contributed by atoms with Crippen molar-refractivity contribution in [2.45, 2.75) is 25.7 Å². The molecule has 24 heavy (non-hydrogen) atoms. The zero-order valence-corrected chi connectivity index (χ0v) is 14.7. The molecular formula is C16H18N4O3S. The highest BCUT2D eigenvalue weighted by molar-refractivity contribution is 7.92. The van der Waals surface area contributed by atoms with Crippen molar-refractivity contribution in [1.29, 1.82) is 0 Å². The molecule has 7 nitrogen and oxygen atoms in total. The van der Waals surface area contributed by atoms with Crippen LogP contribution in [0.3, 0.4) is 0 Å². The number of hydrogen-bond donors (Lipinski definition) is 1. The van der Waals surface area contributed by atoms with E-state index in [1.54, 1.807) is 31.3 Å². The molecule has 0 spiro atoms. The van der Waals surface area contributed by atoms with Gasteiger partial charge in [0.25, 0.3) is 10.0 Å². The summed E-state index contributed by atoms with van der Waals surface area (Å²) in [6.07, 6.45) is 1.59. The fraction of sp³-hybridized carbons (Fsp3) is 0.250. The van der Waals surface area contributed by atoms with Crippen molar-refractivity contribution in [1.82, 2.24) is 14.6 Å². The number of benzene rings is 1. The summed E-state index contributed by atoms with van der Waals surface area (Å²) in [5.74, 6) is 0.955. The molecule has 0 bridgehead atoms. The van der Waals surface area contributed by atoms with Crippen LogP contribution in [-0.2, 0) is 10.0 Å². The van der Waals surface area contributed by atoms with E-state index in [9.17, 15) is 8.42 Å². The average Bonchev–Trinajstić information content (AvgIpc) is 2.85. The monoisotopic (exact) mass is 346 g/mol. The Morgan fingerprint density at radius 1 is 1.17 bits per heavy atom. The molecule has 0 aliphatic rings. The van der Waals surface area contributed by atoms with Gasteiger partial charge in [-0.15, -0.1) is 0 Å². The summed E-state index contributed by atoms with van der Waals surface area (Å²) >= 11 is 0. The maximum absolute atomic E-state index is 12.8. The van der Waals surface area contributed by atoms with Crippen LogP contribution >= 0.6 is 0 Å². The van der Waals surface area contributed by atoms with Crippen molar-refractivity contribution >= 4 is 21.4 Å². The molecule has 1 N–H and O–H groups in total. The van der Waals surface area contributed by atoms with E-state index in [-0.39, 0.29) is 4.90 Å². The summed E-state index contributed by atoms with van der Waals surface area (Å²) in [5, 5.41) is 4.18. The minimum atomic E-state index is -3.80. The Hall–Kier alpha value is -2.61. The Balaban J connectivity index is 2.04. The summed E-state index contributed by atoms with van der Waals surface area (Å²) < 4.78 is 35.0. The molecule has 0 amide bonds. The van der Waals surface area contributed by atoms with Gasteiger partial charge in [0.1, 0.15) is 16.5 Å². The molecule has 0 saturated heterocycles. The van der Waals surface area contributed by atoms with Crippen LogP contribution in [0.5, 0.6) is 5.75 Å². The SMILES string of the molecule is COc1c(C)cc(C)cc1S(=O)(=O)Nc1ccc2nc(C)nn2c1. The summed E-state index contributed by atoms with van der Waals surface area (Å²) in [6.45, 7) is 5.43. The lowest BCUT2D eigenvalue weighted by Gasteiger charge is -2.14. The first-order chi connectivity index (χ1) is 11.3. The number of hydrogen-bond acceptors (Lipinski definition) is 5. The van der Waals surface area contributed by atoms with Gasteiger partial charge in [-0.25, -0.2) is 17.9 Å². The Morgan fingerprint density at radius 3 is 2.62 bits per heavy atom. The molecule has 2 aromatic heterocycles. The summed E-state index contributed by atoms with van der Waals surface area (Å²) in [6, 6.07) is 6.82. The molecule has 0 atom stereocenters. The van der Waals surface area contributed by atoms with Crippen LogP contribution in [0.4, 0.5) is 5.69 Å². The standard InChI is InChI=1S/C16H18N4O3S/c1-10-7-11(2)16(23-4)14(8-10)24(21,22)19-13-5-6-15-17-12(3)18-20(15)9-13/h5-9,19H,1-4H3. The van der Waals surface area contributed by atoms with E-state index in [4.69, 9.17) is 4.74 Å². The first-order valence-corrected chi connectivity index (χ1v) is 8.79. The molecule has 2 heterocycles. The molecule has 0 aliphatic heterocycles. The van der Waals surface area contributed by atoms with Crippen molar-refractivity contribution in [3.63, 3.8) is 0 Å². The van der Waals surface area contributed by atoms with Gasteiger partial charge < -0.3 is 4.74 Å². The molecule has 0 aliphatic carbocycles. The lowest BCUT2D eigenvalue weighted by molar-refractivity contribution is 0.399. The molecule has 3 aromatic rings. The van der Waals surface area contributed by atoms with Gasteiger partial charge in [-0.1, -0.05) is 6.07 Å². The minimum absolute atomic E-state index is 0.109. The Kier molecular flexibility index (Phi) is 3.92. The van der Waals surface area contributed by atoms with Gasteiger partial charge in [-0.05, 0) is 50.1 Å². The predicted octanol–water partition coefficient (Wildman–Crippen LogP) is 2.46. The maximum atomic E-state index is 12.8. The predicted molar refractivity (Wildman–Crippen MR) is 91.0 cm³/mol. The number of pyridine rings is 1. The number of methoxy groups -OCH3 is 1. The summed E-state index contributed by atoms with van der Waals surface area (Å²) in [7, 11) is -2.34. The molecule has 0 saturated carbocycles. The number of anilines is 1. The smallest absolute Gasteiger partial charge is 0.265 e. The third kappa shape index (κ3) is 2.92. The fourth-order valence-electron chi connectivity index (χ4n) is 2.64. The van der Waals surface area contributed by atoms with Gasteiger partial charge >= 0.3 is 0 Å². The van der Waals surface area contributed by atoms with Gasteiger partial charge in [0, 0.05) is 0 Å². The van der Waals surface area contributed by atoms with Crippen LogP contribution in [-0.4, -0.2) is 30.1 Å². The number of nitrogens with one attached hydrogen (secondary N) is 1. The lowest BCUT2D eigenvalue weighted by Crippen LogP contribution is -2.15. The molecule has 1 aromatic carbocycles. The van der Waals surface area contributed by atoms with Gasteiger partial charge in [0.2, 0.25) is 0 Å². The van der Waals surface area contributed by atoms with Crippen LogP contribution in [0.25, 0.3) is 5.65 Å². The van der Waals surface area contributed by atoms with E-state index in [0.29, 0.717) is 22.9 Å². The highest BCUT2D eigenvalue weighted by atomic mass is 32.2. The second kappa shape index (κ2) is 5.79. The zero-order valence-electron chi connectivity index (χ0n) is 13.9. The van der Waals surface area contributed by atoms with E-state index in [1.165, 1.54) is 11.6 Å². The molecule has 3 rings (SSSR count). The molecule has 126 valence electrons. The van der Waals surface area contributed by atoms with Crippen LogP contribution in [0.2, 0.25) is 0 Å². The number of nitrogens with zero attached hydrogens (tertiary/aromatic N) is 3. The first-order valence-electron chi connectivity index (χ1n) is 7.31. The molecule has 8 heteroatoms. The van der Waals surface area contributed by atoms with Gasteiger partial charge in [0.05, 0.1) is 19.0 Å². The normalized spacial score (nSPS) is 11.7. The molecule has 0 unspecified atom stereocenters. The van der Waals surface area contributed by atoms with Crippen molar-refractivity contribution in [2.24, 2.45) is 0 Å². The van der Waals surface area contributed by atoms with Crippen LogP contribution in [0, 0.1) is 20.8 Å². The van der Waals surface area contributed by atoms with Crippen molar-refractivity contribution in [3.8, 4) is 5.75 Å². The Bertz CT molecular complexity index is 1030. The minimum Gasteiger partial charge on any atom is -0.495 e. The topological polar surface area (TPSA) is 85.6 Å². The third-order valence-electron chi connectivity index (χ3n) is 3.57. The molecule has 0 radical (unpaired) electrons. The van der Waals surface area contributed by atoms with Gasteiger partial charge in [0.15, 0.2) is 5.65 Å². The lowest BCUT2D eigenvalue weighted by atomic mass is 10.1. The average molecular weight is 346 g/mol. The largest absolute Gasteiger partial charge is 0.495 e. The highest BCUT2D eigenvalue weighted by Crippen LogP contribution is 2.30. The van der Waals surface area contributed by atoms with Gasteiger partial charge in [-0.2, -0.15) is 5.10 Å².